The van der Waals surface area contributed by atoms with Gasteiger partial charge >= 0.3 is 0 Å². The highest BCUT2D eigenvalue weighted by molar-refractivity contribution is 9.08. The van der Waals surface area contributed by atoms with E-state index < -0.39 is 0 Å². The van der Waals surface area contributed by atoms with Crippen LogP contribution < -0.4 is 4.74 Å². The van der Waals surface area contributed by atoms with Gasteiger partial charge in [0.1, 0.15) is 5.75 Å². The Bertz CT molecular complexity index is 450. The Morgan fingerprint density at radius 2 is 1.88 bits per heavy atom. The molecule has 2 aromatic rings. The summed E-state index contributed by atoms with van der Waals surface area (Å²) in [6.45, 7) is 2.05. The first kappa shape index (κ1) is 11.1. The maximum absolute atomic E-state index is 5.61. The summed E-state index contributed by atoms with van der Waals surface area (Å²) in [6.07, 6.45) is 1.80. The molecule has 16 heavy (non-hydrogen) atoms. The van der Waals surface area contributed by atoms with Crippen LogP contribution in [0.1, 0.15) is 11.1 Å². The molecule has 2 rings (SSSR count). The molecule has 0 radical (unpaired) electrons. The summed E-state index contributed by atoms with van der Waals surface area (Å²) in [6, 6.07) is 11.8. The van der Waals surface area contributed by atoms with Gasteiger partial charge in [-0.15, -0.1) is 0 Å². The predicted molar refractivity (Wildman–Crippen MR) is 68.1 cm³/mol. The highest BCUT2D eigenvalue weighted by atomic mass is 79.9. The van der Waals surface area contributed by atoms with Gasteiger partial charge in [0.15, 0.2) is 0 Å². The van der Waals surface area contributed by atoms with E-state index in [0.717, 1.165) is 16.6 Å². The molecule has 0 saturated carbocycles. The van der Waals surface area contributed by atoms with E-state index >= 15 is 0 Å². The van der Waals surface area contributed by atoms with Gasteiger partial charge in [-0.05, 0) is 24.6 Å². The summed E-state index contributed by atoms with van der Waals surface area (Å²) >= 11 is 3.38. The van der Waals surface area contributed by atoms with E-state index in [4.69, 9.17) is 4.74 Å². The van der Waals surface area contributed by atoms with Crippen molar-refractivity contribution < 1.29 is 4.74 Å². The number of hydrogen-bond donors (Lipinski definition) is 0. The van der Waals surface area contributed by atoms with Crippen LogP contribution in [0.2, 0.25) is 0 Å². The molecule has 0 saturated heterocycles. The lowest BCUT2D eigenvalue weighted by Crippen LogP contribution is -1.88. The highest BCUT2D eigenvalue weighted by Crippen LogP contribution is 2.19. The van der Waals surface area contributed by atoms with Crippen molar-refractivity contribution in [2.45, 2.75) is 12.3 Å². The number of pyridine rings is 1. The number of ether oxygens (including phenoxy) is 1. The number of nitrogens with zero attached hydrogens (tertiary/aromatic N) is 1. The zero-order valence-electron chi connectivity index (χ0n) is 8.98. The lowest BCUT2D eigenvalue weighted by molar-refractivity contribution is 0.462. The summed E-state index contributed by atoms with van der Waals surface area (Å²) in [5.74, 6) is 1.43. The van der Waals surface area contributed by atoms with Crippen LogP contribution in [0.15, 0.2) is 42.6 Å². The molecule has 0 fully saturated rings. The second-order valence-electron chi connectivity index (χ2n) is 3.55. The van der Waals surface area contributed by atoms with Gasteiger partial charge in [0, 0.05) is 17.6 Å². The van der Waals surface area contributed by atoms with E-state index in [0.29, 0.717) is 5.88 Å². The molecule has 0 bridgehead atoms. The molecule has 0 aliphatic carbocycles. The molecular weight excluding hydrogens is 266 g/mol. The summed E-state index contributed by atoms with van der Waals surface area (Å²) in [7, 11) is 0. The molecule has 1 aromatic carbocycles. The number of benzene rings is 1. The van der Waals surface area contributed by atoms with Gasteiger partial charge in [0.25, 0.3) is 0 Å². The van der Waals surface area contributed by atoms with Gasteiger partial charge in [-0.25, -0.2) is 4.98 Å². The van der Waals surface area contributed by atoms with E-state index in [1.807, 2.05) is 43.3 Å². The highest BCUT2D eigenvalue weighted by Gasteiger charge is 1.98. The van der Waals surface area contributed by atoms with Gasteiger partial charge in [-0.1, -0.05) is 39.7 Å². The van der Waals surface area contributed by atoms with Crippen LogP contribution in [-0.4, -0.2) is 4.98 Å². The van der Waals surface area contributed by atoms with Gasteiger partial charge in [-0.2, -0.15) is 0 Å². The Morgan fingerprint density at radius 3 is 2.44 bits per heavy atom. The molecule has 0 atom stereocenters. The van der Waals surface area contributed by atoms with Crippen LogP contribution in [-0.2, 0) is 5.33 Å². The minimum Gasteiger partial charge on any atom is -0.439 e. The minimum absolute atomic E-state index is 0.619. The Hall–Kier alpha value is -1.35. The summed E-state index contributed by atoms with van der Waals surface area (Å²) in [5, 5.41) is 0.810. The molecule has 1 heterocycles. The average Bonchev–Trinajstić information content (AvgIpc) is 2.33. The van der Waals surface area contributed by atoms with Crippen LogP contribution in [0.3, 0.4) is 0 Å². The molecule has 0 amide bonds. The topological polar surface area (TPSA) is 22.1 Å². The molecule has 0 unspecified atom stereocenters. The first-order chi connectivity index (χ1) is 7.78. The van der Waals surface area contributed by atoms with Crippen molar-refractivity contribution in [1.29, 1.82) is 0 Å². The first-order valence-corrected chi connectivity index (χ1v) is 6.15. The molecular formula is C13H12BrNO. The third kappa shape index (κ3) is 2.83. The molecule has 2 nitrogen and oxygen atoms in total. The molecule has 0 aliphatic heterocycles. The summed E-state index contributed by atoms with van der Waals surface area (Å²) in [5.41, 5.74) is 2.35. The fourth-order valence-corrected chi connectivity index (χ4v) is 1.61. The first-order valence-electron chi connectivity index (χ1n) is 5.03. The van der Waals surface area contributed by atoms with Crippen LogP contribution in [0.5, 0.6) is 11.6 Å². The second-order valence-corrected chi connectivity index (χ2v) is 4.11. The number of hydrogen-bond acceptors (Lipinski definition) is 2. The fraction of sp³-hybridized carbons (Fsp3) is 0.154. The molecule has 1 aromatic heterocycles. The van der Waals surface area contributed by atoms with Gasteiger partial charge < -0.3 is 4.74 Å². The second kappa shape index (κ2) is 5.12. The van der Waals surface area contributed by atoms with Crippen molar-refractivity contribution >= 4 is 15.9 Å². The van der Waals surface area contributed by atoms with Crippen molar-refractivity contribution in [3.63, 3.8) is 0 Å². The smallest absolute Gasteiger partial charge is 0.219 e. The van der Waals surface area contributed by atoms with Crippen LogP contribution in [0.4, 0.5) is 0 Å². The van der Waals surface area contributed by atoms with E-state index in [2.05, 4.69) is 20.9 Å². The maximum atomic E-state index is 5.61. The standard InChI is InChI=1S/C13H12BrNO/c1-10-2-5-12(6-3-10)16-13-7-4-11(8-14)9-15-13/h2-7,9H,8H2,1H3. The average molecular weight is 278 g/mol. The van der Waals surface area contributed by atoms with Gasteiger partial charge in [-0.3, -0.25) is 0 Å². The van der Waals surface area contributed by atoms with E-state index in [9.17, 15) is 0 Å². The zero-order valence-corrected chi connectivity index (χ0v) is 10.6. The number of alkyl halides is 1. The maximum Gasteiger partial charge on any atom is 0.219 e. The summed E-state index contributed by atoms with van der Waals surface area (Å²) in [4.78, 5) is 4.22. The number of halogens is 1. The van der Waals surface area contributed by atoms with Crippen molar-refractivity contribution in [2.75, 3.05) is 0 Å². The molecule has 0 aliphatic rings. The largest absolute Gasteiger partial charge is 0.439 e. The van der Waals surface area contributed by atoms with Crippen molar-refractivity contribution in [2.24, 2.45) is 0 Å². The SMILES string of the molecule is Cc1ccc(Oc2ccc(CBr)cn2)cc1. The summed E-state index contributed by atoms with van der Waals surface area (Å²) < 4.78 is 5.61. The third-order valence-electron chi connectivity index (χ3n) is 2.20. The zero-order chi connectivity index (χ0) is 11.4. The van der Waals surface area contributed by atoms with E-state index in [-0.39, 0.29) is 0 Å². The minimum atomic E-state index is 0.619. The molecule has 0 spiro atoms. The predicted octanol–water partition coefficient (Wildman–Crippen LogP) is 4.08. The molecule has 0 N–H and O–H groups in total. The van der Waals surface area contributed by atoms with Crippen molar-refractivity contribution in [3.8, 4) is 11.6 Å². The Balaban J connectivity index is 2.11. The van der Waals surface area contributed by atoms with Crippen LogP contribution >= 0.6 is 15.9 Å². The lowest BCUT2D eigenvalue weighted by atomic mass is 10.2. The monoisotopic (exact) mass is 277 g/mol. The van der Waals surface area contributed by atoms with Crippen molar-refractivity contribution in [3.05, 3.63) is 53.7 Å². The third-order valence-corrected chi connectivity index (χ3v) is 2.84. The Labute approximate surface area is 103 Å². The Morgan fingerprint density at radius 1 is 1.12 bits per heavy atom. The van der Waals surface area contributed by atoms with Crippen LogP contribution in [0, 0.1) is 6.92 Å². The van der Waals surface area contributed by atoms with Gasteiger partial charge in [0.05, 0.1) is 0 Å². The quantitative estimate of drug-likeness (QED) is 0.789. The van der Waals surface area contributed by atoms with E-state index in [1.54, 1.807) is 6.20 Å². The normalized spacial score (nSPS) is 10.1. The van der Waals surface area contributed by atoms with Gasteiger partial charge in [0.2, 0.25) is 5.88 Å². The molecule has 82 valence electrons. The fourth-order valence-electron chi connectivity index (χ4n) is 1.28. The van der Waals surface area contributed by atoms with Crippen molar-refractivity contribution in [1.82, 2.24) is 4.98 Å². The van der Waals surface area contributed by atoms with E-state index in [1.165, 1.54) is 5.56 Å². The molecule has 3 heteroatoms. The number of rotatable bonds is 3. The lowest BCUT2D eigenvalue weighted by Gasteiger charge is -2.05. The number of aromatic nitrogens is 1. The van der Waals surface area contributed by atoms with Crippen LogP contribution in [0.25, 0.3) is 0 Å². The Kier molecular flexibility index (Phi) is 3.57. The number of aryl methyl sites for hydroxylation is 1.